The number of hydrogen-bond donors (Lipinski definition) is 0. The second kappa shape index (κ2) is 3.76. The van der Waals surface area contributed by atoms with Crippen LogP contribution in [-0.2, 0) is 9.53 Å². The van der Waals surface area contributed by atoms with Gasteiger partial charge in [0.15, 0.2) is 0 Å². The number of ether oxygens (including phenoxy) is 1. The van der Waals surface area contributed by atoms with Gasteiger partial charge in [0.2, 0.25) is 0 Å². The summed E-state index contributed by atoms with van der Waals surface area (Å²) in [7, 11) is 3.96. The summed E-state index contributed by atoms with van der Waals surface area (Å²) in [6.07, 6.45) is 0.547. The van der Waals surface area contributed by atoms with E-state index in [9.17, 15) is 4.79 Å². The van der Waals surface area contributed by atoms with Gasteiger partial charge in [-0.15, -0.1) is 0 Å². The Balaban J connectivity index is 2.49. The van der Waals surface area contributed by atoms with Crippen molar-refractivity contribution in [2.45, 2.75) is 25.9 Å². The van der Waals surface area contributed by atoms with E-state index >= 15 is 0 Å². The van der Waals surface area contributed by atoms with Gasteiger partial charge in [0.05, 0.1) is 18.1 Å². The highest BCUT2D eigenvalue weighted by Gasteiger charge is 2.34. The predicted molar refractivity (Wildman–Crippen MR) is 51.7 cm³/mol. The maximum Gasteiger partial charge on any atom is 0.142 e. The molecule has 0 radical (unpaired) electrons. The monoisotopic (exact) mass is 185 g/mol. The number of hydrogen-bond acceptors (Lipinski definition) is 3. The summed E-state index contributed by atoms with van der Waals surface area (Å²) in [6, 6.07) is 0. The van der Waals surface area contributed by atoms with E-state index in [2.05, 4.69) is 0 Å². The van der Waals surface area contributed by atoms with E-state index < -0.39 is 0 Å². The summed E-state index contributed by atoms with van der Waals surface area (Å²) in [5.41, 5.74) is -0.250. The maximum atomic E-state index is 11.6. The maximum absolute atomic E-state index is 11.6. The first-order valence-corrected chi connectivity index (χ1v) is 4.72. The topological polar surface area (TPSA) is 29.5 Å². The average molecular weight is 185 g/mol. The minimum Gasteiger partial charge on any atom is -0.374 e. The zero-order valence-electron chi connectivity index (χ0n) is 8.96. The van der Waals surface area contributed by atoms with Gasteiger partial charge in [0, 0.05) is 13.0 Å². The quantitative estimate of drug-likeness (QED) is 0.641. The Bertz CT molecular complexity index is 199. The van der Waals surface area contributed by atoms with E-state index in [0.29, 0.717) is 18.8 Å². The van der Waals surface area contributed by atoms with Crippen molar-refractivity contribution in [2.24, 2.45) is 5.92 Å². The van der Waals surface area contributed by atoms with E-state index in [0.717, 1.165) is 6.54 Å². The van der Waals surface area contributed by atoms with Crippen molar-refractivity contribution in [3.63, 3.8) is 0 Å². The second-order valence-electron chi connectivity index (χ2n) is 4.67. The highest BCUT2D eigenvalue weighted by Crippen LogP contribution is 2.24. The van der Waals surface area contributed by atoms with Gasteiger partial charge in [-0.25, -0.2) is 0 Å². The van der Waals surface area contributed by atoms with Crippen LogP contribution in [0.3, 0.4) is 0 Å². The van der Waals surface area contributed by atoms with Crippen LogP contribution in [0.1, 0.15) is 20.3 Å². The molecule has 1 atom stereocenters. The average Bonchev–Trinajstić information content (AvgIpc) is 1.93. The zero-order valence-corrected chi connectivity index (χ0v) is 8.96. The van der Waals surface area contributed by atoms with E-state index in [-0.39, 0.29) is 11.5 Å². The molecule has 3 nitrogen and oxygen atoms in total. The summed E-state index contributed by atoms with van der Waals surface area (Å²) in [5.74, 6) is 0.410. The van der Waals surface area contributed by atoms with Crippen molar-refractivity contribution < 1.29 is 9.53 Å². The number of nitrogens with zero attached hydrogens (tertiary/aromatic N) is 1. The standard InChI is InChI=1S/C10H19NO2/c1-10(2)5-9(12)8(7-13-10)6-11(3)4/h8H,5-7H2,1-4H3. The molecule has 1 saturated heterocycles. The van der Waals surface area contributed by atoms with Gasteiger partial charge in [0.25, 0.3) is 0 Å². The predicted octanol–water partition coefficient (Wildman–Crippen LogP) is 0.932. The molecule has 0 aliphatic carbocycles. The van der Waals surface area contributed by atoms with Crippen molar-refractivity contribution in [2.75, 3.05) is 27.2 Å². The van der Waals surface area contributed by atoms with Gasteiger partial charge in [-0.3, -0.25) is 4.79 Å². The molecular weight excluding hydrogens is 166 g/mol. The molecule has 0 amide bonds. The largest absolute Gasteiger partial charge is 0.374 e. The lowest BCUT2D eigenvalue weighted by Gasteiger charge is -2.34. The van der Waals surface area contributed by atoms with E-state index in [1.165, 1.54) is 0 Å². The molecule has 1 aliphatic heterocycles. The third kappa shape index (κ3) is 3.08. The fraction of sp³-hybridized carbons (Fsp3) is 0.900. The Kier molecular flexibility index (Phi) is 3.09. The van der Waals surface area contributed by atoms with Crippen molar-refractivity contribution in [1.82, 2.24) is 4.90 Å². The molecule has 0 aromatic heterocycles. The SMILES string of the molecule is CN(C)CC1COC(C)(C)CC1=O. The molecule has 13 heavy (non-hydrogen) atoms. The van der Waals surface area contributed by atoms with E-state index in [1.54, 1.807) is 0 Å². The number of carbonyl (C=O) groups is 1. The van der Waals surface area contributed by atoms with Gasteiger partial charge in [-0.2, -0.15) is 0 Å². The Morgan fingerprint density at radius 1 is 1.54 bits per heavy atom. The number of Topliss-reactive ketones (excluding diaryl/α,β-unsaturated/α-hetero) is 1. The molecule has 0 bridgehead atoms. The van der Waals surface area contributed by atoms with Gasteiger partial charge in [0.1, 0.15) is 5.78 Å². The Hall–Kier alpha value is -0.410. The minimum absolute atomic E-state index is 0.0722. The number of carbonyl (C=O) groups excluding carboxylic acids is 1. The number of rotatable bonds is 2. The third-order valence-electron chi connectivity index (χ3n) is 2.32. The summed E-state index contributed by atoms with van der Waals surface area (Å²) in [5, 5.41) is 0. The van der Waals surface area contributed by atoms with Crippen LogP contribution in [0.5, 0.6) is 0 Å². The smallest absolute Gasteiger partial charge is 0.142 e. The van der Waals surface area contributed by atoms with Crippen molar-refractivity contribution in [1.29, 1.82) is 0 Å². The molecule has 0 saturated carbocycles. The zero-order chi connectivity index (χ0) is 10.1. The van der Waals surface area contributed by atoms with Crippen LogP contribution < -0.4 is 0 Å². The van der Waals surface area contributed by atoms with Crippen LogP contribution >= 0.6 is 0 Å². The first-order chi connectivity index (χ1) is 5.91. The Labute approximate surface area is 80.1 Å². The summed E-state index contributed by atoms with van der Waals surface area (Å²) >= 11 is 0. The highest BCUT2D eigenvalue weighted by molar-refractivity contribution is 5.82. The fourth-order valence-corrected chi connectivity index (χ4v) is 1.63. The highest BCUT2D eigenvalue weighted by atomic mass is 16.5. The van der Waals surface area contributed by atoms with Gasteiger partial charge < -0.3 is 9.64 Å². The third-order valence-corrected chi connectivity index (χ3v) is 2.32. The molecule has 0 spiro atoms. The van der Waals surface area contributed by atoms with Crippen LogP contribution in [0.2, 0.25) is 0 Å². The van der Waals surface area contributed by atoms with Gasteiger partial charge in [-0.1, -0.05) is 0 Å². The van der Waals surface area contributed by atoms with Crippen molar-refractivity contribution in [3.05, 3.63) is 0 Å². The van der Waals surface area contributed by atoms with Crippen LogP contribution in [-0.4, -0.2) is 43.5 Å². The molecule has 76 valence electrons. The minimum atomic E-state index is -0.250. The Morgan fingerprint density at radius 2 is 2.15 bits per heavy atom. The van der Waals surface area contributed by atoms with Crippen LogP contribution in [0.25, 0.3) is 0 Å². The molecule has 0 aromatic carbocycles. The van der Waals surface area contributed by atoms with Crippen molar-refractivity contribution in [3.8, 4) is 0 Å². The molecular formula is C10H19NO2. The summed E-state index contributed by atoms with van der Waals surface area (Å²) < 4.78 is 5.60. The molecule has 0 N–H and O–H groups in total. The summed E-state index contributed by atoms with van der Waals surface area (Å²) in [6.45, 7) is 5.31. The summed E-state index contributed by atoms with van der Waals surface area (Å²) in [4.78, 5) is 13.7. The normalized spacial score (nSPS) is 28.1. The van der Waals surface area contributed by atoms with E-state index in [4.69, 9.17) is 4.74 Å². The molecule has 1 fully saturated rings. The number of ketones is 1. The molecule has 1 heterocycles. The lowest BCUT2D eigenvalue weighted by Crippen LogP contribution is -2.43. The molecule has 0 aromatic rings. The van der Waals surface area contributed by atoms with Gasteiger partial charge >= 0.3 is 0 Å². The molecule has 3 heteroatoms. The lowest BCUT2D eigenvalue weighted by molar-refractivity contribution is -0.145. The fourth-order valence-electron chi connectivity index (χ4n) is 1.63. The van der Waals surface area contributed by atoms with Crippen molar-refractivity contribution >= 4 is 5.78 Å². The Morgan fingerprint density at radius 3 is 2.62 bits per heavy atom. The van der Waals surface area contributed by atoms with E-state index in [1.807, 2.05) is 32.8 Å². The first kappa shape index (κ1) is 10.7. The van der Waals surface area contributed by atoms with Crippen LogP contribution in [0.15, 0.2) is 0 Å². The van der Waals surface area contributed by atoms with Crippen LogP contribution in [0.4, 0.5) is 0 Å². The van der Waals surface area contributed by atoms with Gasteiger partial charge in [-0.05, 0) is 27.9 Å². The molecule has 1 aliphatic rings. The second-order valence-corrected chi connectivity index (χ2v) is 4.67. The molecule has 1 rings (SSSR count). The molecule has 1 unspecified atom stereocenters. The lowest BCUT2D eigenvalue weighted by atomic mass is 9.90. The van der Waals surface area contributed by atoms with Crippen LogP contribution in [0, 0.1) is 5.92 Å². The first-order valence-electron chi connectivity index (χ1n) is 4.72.